The zero-order valence-corrected chi connectivity index (χ0v) is 10.1. The maximum Gasteiger partial charge on any atom is 0.122 e. The zero-order chi connectivity index (χ0) is 11.9. The highest BCUT2D eigenvalue weighted by molar-refractivity contribution is 5.32. The molecule has 0 saturated carbocycles. The fourth-order valence-electron chi connectivity index (χ4n) is 1.82. The normalized spacial score (nSPS) is 19.9. The van der Waals surface area contributed by atoms with Crippen LogP contribution >= 0.6 is 0 Å². The third kappa shape index (κ3) is 3.91. The van der Waals surface area contributed by atoms with Crippen molar-refractivity contribution >= 4 is 0 Å². The Morgan fingerprint density at radius 3 is 3.06 bits per heavy atom. The molecular weight excluding hydrogens is 218 g/mol. The van der Waals surface area contributed by atoms with Crippen LogP contribution in [0.1, 0.15) is 6.42 Å². The summed E-state index contributed by atoms with van der Waals surface area (Å²) in [4.78, 5) is 0. The SMILES string of the molecule is COc1cccc(OCCC2COCCN2)c1. The molecule has 1 aromatic rings. The highest BCUT2D eigenvalue weighted by atomic mass is 16.5. The van der Waals surface area contributed by atoms with E-state index in [1.807, 2.05) is 24.3 Å². The molecule has 0 spiro atoms. The van der Waals surface area contributed by atoms with Gasteiger partial charge in [0, 0.05) is 18.7 Å². The van der Waals surface area contributed by atoms with Gasteiger partial charge >= 0.3 is 0 Å². The number of nitrogens with one attached hydrogen (secondary N) is 1. The summed E-state index contributed by atoms with van der Waals surface area (Å²) in [7, 11) is 1.66. The summed E-state index contributed by atoms with van der Waals surface area (Å²) < 4.78 is 16.2. The van der Waals surface area contributed by atoms with Crippen LogP contribution in [0.5, 0.6) is 11.5 Å². The number of morpholine rings is 1. The second kappa shape index (κ2) is 6.47. The number of benzene rings is 1. The number of hydrogen-bond acceptors (Lipinski definition) is 4. The Bertz CT molecular complexity index is 337. The number of rotatable bonds is 5. The largest absolute Gasteiger partial charge is 0.497 e. The Hall–Kier alpha value is -1.26. The Morgan fingerprint density at radius 2 is 2.29 bits per heavy atom. The van der Waals surface area contributed by atoms with E-state index in [9.17, 15) is 0 Å². The van der Waals surface area contributed by atoms with Crippen LogP contribution in [0.2, 0.25) is 0 Å². The van der Waals surface area contributed by atoms with Crippen LogP contribution in [-0.2, 0) is 4.74 Å². The molecule has 0 radical (unpaired) electrons. The third-order valence-electron chi connectivity index (χ3n) is 2.77. The Kier molecular flexibility index (Phi) is 4.64. The number of hydrogen-bond donors (Lipinski definition) is 1. The minimum Gasteiger partial charge on any atom is -0.497 e. The minimum absolute atomic E-state index is 0.411. The molecule has 0 amide bonds. The highest BCUT2D eigenvalue weighted by Crippen LogP contribution is 2.19. The third-order valence-corrected chi connectivity index (χ3v) is 2.77. The van der Waals surface area contributed by atoms with Crippen molar-refractivity contribution in [3.63, 3.8) is 0 Å². The molecule has 1 aromatic carbocycles. The second-order valence-corrected chi connectivity index (χ2v) is 4.04. The molecule has 1 unspecified atom stereocenters. The van der Waals surface area contributed by atoms with Gasteiger partial charge in [-0.3, -0.25) is 0 Å². The average molecular weight is 237 g/mol. The fraction of sp³-hybridized carbons (Fsp3) is 0.538. The first-order chi connectivity index (χ1) is 8.38. The molecule has 94 valence electrons. The molecule has 4 heteroatoms. The molecule has 1 fully saturated rings. The van der Waals surface area contributed by atoms with Crippen LogP contribution in [-0.4, -0.2) is 39.5 Å². The summed E-state index contributed by atoms with van der Waals surface area (Å²) in [5, 5.41) is 3.40. The fourth-order valence-corrected chi connectivity index (χ4v) is 1.82. The van der Waals surface area contributed by atoms with E-state index in [-0.39, 0.29) is 0 Å². The molecule has 0 aromatic heterocycles. The van der Waals surface area contributed by atoms with Crippen molar-refractivity contribution in [2.24, 2.45) is 0 Å². The Balaban J connectivity index is 1.73. The lowest BCUT2D eigenvalue weighted by atomic mass is 10.2. The molecule has 1 atom stereocenters. The van der Waals surface area contributed by atoms with E-state index < -0.39 is 0 Å². The molecule has 1 heterocycles. The van der Waals surface area contributed by atoms with Crippen molar-refractivity contribution in [3.8, 4) is 11.5 Å². The van der Waals surface area contributed by atoms with E-state index in [0.717, 1.165) is 37.7 Å². The van der Waals surface area contributed by atoms with E-state index in [4.69, 9.17) is 14.2 Å². The predicted octanol–water partition coefficient (Wildman–Crippen LogP) is 1.45. The lowest BCUT2D eigenvalue weighted by Gasteiger charge is -2.23. The lowest BCUT2D eigenvalue weighted by molar-refractivity contribution is 0.0691. The standard InChI is InChI=1S/C13H19NO3/c1-15-12-3-2-4-13(9-12)17-7-5-11-10-16-8-6-14-11/h2-4,9,11,14H,5-8,10H2,1H3. The van der Waals surface area contributed by atoms with Crippen LogP contribution in [0.25, 0.3) is 0 Å². The first kappa shape index (κ1) is 12.2. The van der Waals surface area contributed by atoms with Crippen LogP contribution in [0.15, 0.2) is 24.3 Å². The van der Waals surface area contributed by atoms with Crippen LogP contribution in [0, 0.1) is 0 Å². The van der Waals surface area contributed by atoms with Crippen molar-refractivity contribution in [1.82, 2.24) is 5.32 Å². The topological polar surface area (TPSA) is 39.7 Å². The van der Waals surface area contributed by atoms with Crippen LogP contribution in [0.4, 0.5) is 0 Å². The zero-order valence-electron chi connectivity index (χ0n) is 10.1. The maximum atomic E-state index is 5.68. The van der Waals surface area contributed by atoms with Gasteiger partial charge < -0.3 is 19.5 Å². The molecule has 0 aliphatic carbocycles. The van der Waals surface area contributed by atoms with Gasteiger partial charge in [-0.05, 0) is 18.6 Å². The summed E-state index contributed by atoms with van der Waals surface area (Å²) in [6, 6.07) is 8.08. The van der Waals surface area contributed by atoms with Gasteiger partial charge in [0.05, 0.1) is 26.9 Å². The van der Waals surface area contributed by atoms with Gasteiger partial charge in [-0.2, -0.15) is 0 Å². The molecule has 2 rings (SSSR count). The van der Waals surface area contributed by atoms with Crippen molar-refractivity contribution in [1.29, 1.82) is 0 Å². The molecule has 1 aliphatic heterocycles. The van der Waals surface area contributed by atoms with E-state index in [1.165, 1.54) is 0 Å². The summed E-state index contributed by atoms with van der Waals surface area (Å²) in [6.45, 7) is 3.22. The Labute approximate surface area is 102 Å². The van der Waals surface area contributed by atoms with Crippen molar-refractivity contribution in [3.05, 3.63) is 24.3 Å². The van der Waals surface area contributed by atoms with E-state index >= 15 is 0 Å². The van der Waals surface area contributed by atoms with Gasteiger partial charge in [-0.1, -0.05) is 6.07 Å². The van der Waals surface area contributed by atoms with Crippen LogP contribution < -0.4 is 14.8 Å². The molecule has 1 saturated heterocycles. The predicted molar refractivity (Wildman–Crippen MR) is 65.7 cm³/mol. The summed E-state index contributed by atoms with van der Waals surface area (Å²) in [6.07, 6.45) is 0.956. The van der Waals surface area contributed by atoms with E-state index in [1.54, 1.807) is 7.11 Å². The second-order valence-electron chi connectivity index (χ2n) is 4.04. The van der Waals surface area contributed by atoms with Gasteiger partial charge in [0.1, 0.15) is 11.5 Å². The minimum atomic E-state index is 0.411. The van der Waals surface area contributed by atoms with Crippen molar-refractivity contribution in [2.45, 2.75) is 12.5 Å². The van der Waals surface area contributed by atoms with Crippen LogP contribution in [0.3, 0.4) is 0 Å². The van der Waals surface area contributed by atoms with Crippen molar-refractivity contribution < 1.29 is 14.2 Å². The highest BCUT2D eigenvalue weighted by Gasteiger charge is 2.12. The smallest absolute Gasteiger partial charge is 0.122 e. The first-order valence-corrected chi connectivity index (χ1v) is 5.96. The van der Waals surface area contributed by atoms with Gasteiger partial charge in [-0.15, -0.1) is 0 Å². The molecule has 17 heavy (non-hydrogen) atoms. The maximum absolute atomic E-state index is 5.68. The Morgan fingerprint density at radius 1 is 1.41 bits per heavy atom. The van der Waals surface area contributed by atoms with Gasteiger partial charge in [-0.25, -0.2) is 0 Å². The summed E-state index contributed by atoms with van der Waals surface area (Å²) in [5.74, 6) is 1.67. The molecule has 1 aliphatic rings. The monoisotopic (exact) mass is 237 g/mol. The molecule has 1 N–H and O–H groups in total. The molecular formula is C13H19NO3. The average Bonchev–Trinajstić information content (AvgIpc) is 2.40. The van der Waals surface area contributed by atoms with Gasteiger partial charge in [0.25, 0.3) is 0 Å². The molecule has 4 nitrogen and oxygen atoms in total. The van der Waals surface area contributed by atoms with E-state index in [0.29, 0.717) is 12.6 Å². The van der Waals surface area contributed by atoms with Gasteiger partial charge in [0.15, 0.2) is 0 Å². The van der Waals surface area contributed by atoms with E-state index in [2.05, 4.69) is 5.32 Å². The van der Waals surface area contributed by atoms with Gasteiger partial charge in [0.2, 0.25) is 0 Å². The number of methoxy groups -OCH3 is 1. The summed E-state index contributed by atoms with van der Waals surface area (Å²) >= 11 is 0. The number of ether oxygens (including phenoxy) is 3. The van der Waals surface area contributed by atoms with Crippen molar-refractivity contribution in [2.75, 3.05) is 33.5 Å². The lowest BCUT2D eigenvalue weighted by Crippen LogP contribution is -2.41. The first-order valence-electron chi connectivity index (χ1n) is 5.96. The quantitative estimate of drug-likeness (QED) is 0.841. The summed E-state index contributed by atoms with van der Waals surface area (Å²) in [5.41, 5.74) is 0. The molecule has 0 bridgehead atoms.